The molecule has 11 heteroatoms. The predicted octanol–water partition coefficient (Wildman–Crippen LogP) is 2.09. The smallest absolute Gasteiger partial charge is 0.414 e. The Morgan fingerprint density at radius 1 is 1.23 bits per heavy atom. The van der Waals surface area contributed by atoms with Crippen LogP contribution >= 0.6 is 0 Å². The number of aromatic nitrogens is 2. The Morgan fingerprint density at radius 3 is 2.57 bits per heavy atom. The van der Waals surface area contributed by atoms with E-state index < -0.39 is 12.1 Å². The fourth-order valence-corrected chi connectivity index (χ4v) is 4.03. The SMILES string of the molecule is CCc1c(COC(=O)NC(=N)N)cccc1-c1cnc(OCC2CCN(C(=O)COC)CC2)nc1. The number of carbonyl (C=O) groups is 2. The Labute approximate surface area is 204 Å². The monoisotopic (exact) mass is 484 g/mol. The summed E-state index contributed by atoms with van der Waals surface area (Å²) in [5, 5.41) is 9.19. The van der Waals surface area contributed by atoms with Crippen molar-refractivity contribution in [2.24, 2.45) is 11.7 Å². The average molecular weight is 485 g/mol. The number of methoxy groups -OCH3 is 1. The number of hydrogen-bond donors (Lipinski definition) is 3. The van der Waals surface area contributed by atoms with Gasteiger partial charge in [0.2, 0.25) is 5.91 Å². The van der Waals surface area contributed by atoms with Gasteiger partial charge in [0.15, 0.2) is 5.96 Å². The van der Waals surface area contributed by atoms with E-state index in [1.165, 1.54) is 7.11 Å². The molecule has 11 nitrogen and oxygen atoms in total. The lowest BCUT2D eigenvalue weighted by Gasteiger charge is -2.31. The second-order valence-electron chi connectivity index (χ2n) is 8.23. The number of likely N-dealkylation sites (tertiary alicyclic amines) is 1. The van der Waals surface area contributed by atoms with Gasteiger partial charge in [-0.1, -0.05) is 25.1 Å². The van der Waals surface area contributed by atoms with Gasteiger partial charge in [0, 0.05) is 38.2 Å². The van der Waals surface area contributed by atoms with Crippen LogP contribution in [0.2, 0.25) is 0 Å². The molecule has 0 radical (unpaired) electrons. The van der Waals surface area contributed by atoms with E-state index in [0.29, 0.717) is 38.0 Å². The van der Waals surface area contributed by atoms with Crippen molar-refractivity contribution >= 4 is 18.0 Å². The Balaban J connectivity index is 1.57. The molecule has 1 fully saturated rings. The zero-order chi connectivity index (χ0) is 25.2. The maximum absolute atomic E-state index is 11.9. The summed E-state index contributed by atoms with van der Waals surface area (Å²) in [6.07, 6.45) is 5.11. The number of nitrogens with two attached hydrogens (primary N) is 1. The van der Waals surface area contributed by atoms with Crippen molar-refractivity contribution in [1.82, 2.24) is 20.2 Å². The van der Waals surface area contributed by atoms with Crippen LogP contribution in [0.1, 0.15) is 30.9 Å². The molecular weight excluding hydrogens is 452 g/mol. The quantitative estimate of drug-likeness (QED) is 0.361. The van der Waals surface area contributed by atoms with E-state index in [1.807, 2.05) is 30.0 Å². The first-order chi connectivity index (χ1) is 16.9. The number of carbonyl (C=O) groups excluding carboxylic acids is 2. The molecule has 4 N–H and O–H groups in total. The molecule has 188 valence electrons. The second-order valence-corrected chi connectivity index (χ2v) is 8.23. The van der Waals surface area contributed by atoms with Gasteiger partial charge in [-0.05, 0) is 41.9 Å². The third-order valence-corrected chi connectivity index (χ3v) is 5.84. The minimum absolute atomic E-state index is 0.0206. The van der Waals surface area contributed by atoms with Crippen molar-refractivity contribution in [2.45, 2.75) is 32.8 Å². The third-order valence-electron chi connectivity index (χ3n) is 5.84. The van der Waals surface area contributed by atoms with Gasteiger partial charge in [-0.25, -0.2) is 14.8 Å². The van der Waals surface area contributed by atoms with Crippen molar-refractivity contribution in [3.8, 4) is 17.1 Å². The normalized spacial score (nSPS) is 13.8. The van der Waals surface area contributed by atoms with Crippen LogP contribution in [-0.4, -0.2) is 66.2 Å². The van der Waals surface area contributed by atoms with Gasteiger partial charge < -0.3 is 24.8 Å². The fourth-order valence-electron chi connectivity index (χ4n) is 4.03. The van der Waals surface area contributed by atoms with E-state index in [-0.39, 0.29) is 19.1 Å². The Kier molecular flexibility index (Phi) is 9.36. The van der Waals surface area contributed by atoms with Crippen LogP contribution in [0.4, 0.5) is 4.79 Å². The van der Waals surface area contributed by atoms with Gasteiger partial charge in [0.25, 0.3) is 0 Å². The van der Waals surface area contributed by atoms with Crippen LogP contribution in [0, 0.1) is 11.3 Å². The van der Waals surface area contributed by atoms with Crippen molar-refractivity contribution in [1.29, 1.82) is 5.41 Å². The number of nitrogens with one attached hydrogen (secondary N) is 2. The van der Waals surface area contributed by atoms with Crippen LogP contribution in [0.5, 0.6) is 6.01 Å². The summed E-state index contributed by atoms with van der Waals surface area (Å²) >= 11 is 0. The number of piperidine rings is 1. The zero-order valence-electron chi connectivity index (χ0n) is 20.1. The summed E-state index contributed by atoms with van der Waals surface area (Å²) in [6.45, 7) is 4.09. The Hall–Kier alpha value is -3.73. The highest BCUT2D eigenvalue weighted by Gasteiger charge is 2.23. The molecule has 0 spiro atoms. The number of amides is 2. The van der Waals surface area contributed by atoms with Crippen LogP contribution < -0.4 is 15.8 Å². The van der Waals surface area contributed by atoms with Gasteiger partial charge in [-0.3, -0.25) is 15.5 Å². The van der Waals surface area contributed by atoms with Crippen molar-refractivity contribution in [3.05, 3.63) is 41.7 Å². The summed E-state index contributed by atoms with van der Waals surface area (Å²) in [7, 11) is 1.52. The first-order valence-corrected chi connectivity index (χ1v) is 11.5. The predicted molar refractivity (Wildman–Crippen MR) is 129 cm³/mol. The molecule has 1 aliphatic rings. The second kappa shape index (κ2) is 12.7. The average Bonchev–Trinajstić information content (AvgIpc) is 2.86. The molecule has 0 unspecified atom stereocenters. The molecule has 0 saturated carbocycles. The molecule has 1 aliphatic heterocycles. The summed E-state index contributed by atoms with van der Waals surface area (Å²) in [5.41, 5.74) is 8.78. The van der Waals surface area contributed by atoms with E-state index in [4.69, 9.17) is 25.4 Å². The lowest BCUT2D eigenvalue weighted by Crippen LogP contribution is -2.41. The molecule has 2 aromatic rings. The molecule has 3 rings (SSSR count). The third kappa shape index (κ3) is 7.38. The summed E-state index contributed by atoms with van der Waals surface area (Å²) in [5.74, 6) is -0.109. The first kappa shape index (κ1) is 25.9. The van der Waals surface area contributed by atoms with E-state index in [0.717, 1.165) is 35.1 Å². The van der Waals surface area contributed by atoms with Gasteiger partial charge in [0.1, 0.15) is 13.2 Å². The van der Waals surface area contributed by atoms with Crippen molar-refractivity contribution in [3.63, 3.8) is 0 Å². The molecule has 0 atom stereocenters. The lowest BCUT2D eigenvalue weighted by molar-refractivity contribution is -0.136. The number of ether oxygens (including phenoxy) is 3. The molecule has 1 aromatic carbocycles. The molecule has 35 heavy (non-hydrogen) atoms. The molecular formula is C24H32N6O5. The highest BCUT2D eigenvalue weighted by atomic mass is 16.5. The topological polar surface area (TPSA) is 153 Å². The number of nitrogens with zero attached hydrogens (tertiary/aromatic N) is 3. The largest absolute Gasteiger partial charge is 0.463 e. The summed E-state index contributed by atoms with van der Waals surface area (Å²) in [4.78, 5) is 34.1. The molecule has 0 aliphatic carbocycles. The number of benzene rings is 1. The van der Waals surface area contributed by atoms with Crippen LogP contribution in [0.25, 0.3) is 11.1 Å². The Morgan fingerprint density at radius 2 is 1.94 bits per heavy atom. The fraction of sp³-hybridized carbons (Fsp3) is 0.458. The van der Waals surface area contributed by atoms with E-state index >= 15 is 0 Å². The first-order valence-electron chi connectivity index (χ1n) is 11.5. The summed E-state index contributed by atoms with van der Waals surface area (Å²) in [6, 6.07) is 6.04. The summed E-state index contributed by atoms with van der Waals surface area (Å²) < 4.78 is 15.9. The van der Waals surface area contributed by atoms with Gasteiger partial charge in [-0.15, -0.1) is 0 Å². The number of alkyl carbamates (subject to hydrolysis) is 1. The minimum Gasteiger partial charge on any atom is -0.463 e. The lowest BCUT2D eigenvalue weighted by atomic mass is 9.95. The minimum atomic E-state index is -0.776. The van der Waals surface area contributed by atoms with Gasteiger partial charge in [0.05, 0.1) is 6.61 Å². The van der Waals surface area contributed by atoms with Crippen LogP contribution in [0.15, 0.2) is 30.6 Å². The molecule has 2 amide bonds. The molecule has 1 aromatic heterocycles. The maximum Gasteiger partial charge on any atom is 0.414 e. The number of hydrogen-bond acceptors (Lipinski definition) is 8. The van der Waals surface area contributed by atoms with Crippen molar-refractivity contribution in [2.75, 3.05) is 33.4 Å². The molecule has 0 bridgehead atoms. The van der Waals surface area contributed by atoms with E-state index in [9.17, 15) is 9.59 Å². The maximum atomic E-state index is 11.9. The molecule has 1 saturated heterocycles. The van der Waals surface area contributed by atoms with Crippen LogP contribution in [0.3, 0.4) is 0 Å². The van der Waals surface area contributed by atoms with E-state index in [2.05, 4.69) is 15.3 Å². The highest BCUT2D eigenvalue weighted by molar-refractivity contribution is 5.90. The zero-order valence-corrected chi connectivity index (χ0v) is 20.1. The molecule has 2 heterocycles. The van der Waals surface area contributed by atoms with E-state index in [1.54, 1.807) is 12.4 Å². The number of guanidine groups is 1. The highest BCUT2D eigenvalue weighted by Crippen LogP contribution is 2.27. The van der Waals surface area contributed by atoms with Crippen LogP contribution in [-0.2, 0) is 27.3 Å². The standard InChI is InChI=1S/C24H32N6O5/c1-3-19-17(14-35-24(32)29-22(25)26)5-4-6-20(19)18-11-27-23(28-12-18)34-13-16-7-9-30(10-8-16)21(31)15-33-2/h4-6,11-12,16H,3,7-10,13-15H2,1-2H3,(H4,25,26,29,32). The van der Waals surface area contributed by atoms with Crippen molar-refractivity contribution < 1.29 is 23.8 Å². The van der Waals surface area contributed by atoms with Gasteiger partial charge >= 0.3 is 12.1 Å². The number of rotatable bonds is 9. The Bertz CT molecular complexity index is 1020. The van der Waals surface area contributed by atoms with Gasteiger partial charge in [-0.2, -0.15) is 0 Å².